The molecule has 1 fully saturated rings. The standard InChI is InChI=1S/C20H24N2O3/c1-20(2,3)25-19(24)22-12-16(17(23)13-22)10-9-15-7-4-6-14-8-5-11-21-18(14)15/h4-8,11,16H,9-10,12-13H2,1-3H3. The van der Waals surface area contributed by atoms with Gasteiger partial charge in [-0.05, 0) is 45.2 Å². The number of carbonyl (C=O) groups is 2. The zero-order valence-electron chi connectivity index (χ0n) is 15.0. The molecule has 5 heteroatoms. The van der Waals surface area contributed by atoms with Gasteiger partial charge in [0.1, 0.15) is 5.60 Å². The van der Waals surface area contributed by atoms with E-state index in [4.69, 9.17) is 4.74 Å². The van der Waals surface area contributed by atoms with Crippen LogP contribution in [0.25, 0.3) is 10.9 Å². The van der Waals surface area contributed by atoms with Gasteiger partial charge in [-0.2, -0.15) is 0 Å². The summed E-state index contributed by atoms with van der Waals surface area (Å²) in [6.07, 6.45) is 2.87. The number of nitrogens with zero attached hydrogens (tertiary/aromatic N) is 2. The molecule has 1 aliphatic heterocycles. The predicted octanol–water partition coefficient (Wildman–Crippen LogP) is 3.60. The van der Waals surface area contributed by atoms with Crippen LogP contribution < -0.4 is 0 Å². The van der Waals surface area contributed by atoms with Crippen LogP contribution in [0.1, 0.15) is 32.8 Å². The van der Waals surface area contributed by atoms with E-state index in [1.807, 2.05) is 45.0 Å². The summed E-state index contributed by atoms with van der Waals surface area (Å²) >= 11 is 0. The lowest BCUT2D eigenvalue weighted by Crippen LogP contribution is -2.35. The summed E-state index contributed by atoms with van der Waals surface area (Å²) in [6.45, 7) is 6.06. The summed E-state index contributed by atoms with van der Waals surface area (Å²) in [5.41, 5.74) is 1.58. The number of ether oxygens (including phenoxy) is 1. The Morgan fingerprint density at radius 2 is 2.04 bits per heavy atom. The van der Waals surface area contributed by atoms with Gasteiger partial charge in [0, 0.05) is 24.0 Å². The summed E-state index contributed by atoms with van der Waals surface area (Å²) in [6, 6.07) is 10.1. The number of benzene rings is 1. The molecule has 0 aliphatic carbocycles. The van der Waals surface area contributed by atoms with Gasteiger partial charge in [-0.3, -0.25) is 9.78 Å². The Labute approximate surface area is 148 Å². The molecule has 1 atom stereocenters. The van der Waals surface area contributed by atoms with Crippen molar-refractivity contribution in [1.29, 1.82) is 0 Å². The Hall–Kier alpha value is -2.43. The number of likely N-dealkylation sites (tertiary alicyclic amines) is 1. The number of Topliss-reactive ketones (excluding diaryl/α,β-unsaturated/α-hetero) is 1. The first-order valence-electron chi connectivity index (χ1n) is 8.67. The number of fused-ring (bicyclic) bond motifs is 1. The fraction of sp³-hybridized carbons (Fsp3) is 0.450. The van der Waals surface area contributed by atoms with Crippen molar-refractivity contribution in [3.63, 3.8) is 0 Å². The number of aryl methyl sites for hydroxylation is 1. The van der Waals surface area contributed by atoms with Crippen molar-refractivity contribution < 1.29 is 14.3 Å². The van der Waals surface area contributed by atoms with Gasteiger partial charge in [-0.25, -0.2) is 4.79 Å². The van der Waals surface area contributed by atoms with Crippen LogP contribution in [0.5, 0.6) is 0 Å². The topological polar surface area (TPSA) is 59.5 Å². The maximum absolute atomic E-state index is 12.3. The summed E-state index contributed by atoms with van der Waals surface area (Å²) in [4.78, 5) is 30.4. The summed E-state index contributed by atoms with van der Waals surface area (Å²) < 4.78 is 5.36. The van der Waals surface area contributed by atoms with Crippen molar-refractivity contribution in [2.24, 2.45) is 5.92 Å². The van der Waals surface area contributed by atoms with Gasteiger partial charge in [0.25, 0.3) is 0 Å². The van der Waals surface area contributed by atoms with Crippen molar-refractivity contribution in [3.05, 3.63) is 42.1 Å². The molecule has 1 aromatic carbocycles. The fourth-order valence-electron chi connectivity index (χ4n) is 3.17. The average molecular weight is 340 g/mol. The van der Waals surface area contributed by atoms with E-state index in [0.717, 1.165) is 22.9 Å². The molecule has 1 saturated heterocycles. The Kier molecular flexibility index (Phi) is 4.75. The van der Waals surface area contributed by atoms with E-state index in [2.05, 4.69) is 11.1 Å². The first-order chi connectivity index (χ1) is 11.8. The van der Waals surface area contributed by atoms with Crippen LogP contribution in [-0.4, -0.2) is 40.5 Å². The second-order valence-corrected chi connectivity index (χ2v) is 7.56. The minimum absolute atomic E-state index is 0.110. The van der Waals surface area contributed by atoms with Crippen LogP contribution in [0.2, 0.25) is 0 Å². The molecule has 0 radical (unpaired) electrons. The maximum atomic E-state index is 12.3. The molecule has 0 N–H and O–H groups in total. The number of para-hydroxylation sites is 1. The third kappa shape index (κ3) is 4.16. The molecule has 3 rings (SSSR count). The molecule has 0 bridgehead atoms. The van der Waals surface area contributed by atoms with E-state index in [1.54, 1.807) is 6.20 Å². The lowest BCUT2D eigenvalue weighted by Gasteiger charge is -2.24. The predicted molar refractivity (Wildman–Crippen MR) is 96.4 cm³/mol. The molecule has 2 heterocycles. The van der Waals surface area contributed by atoms with E-state index in [9.17, 15) is 9.59 Å². The number of hydrogen-bond donors (Lipinski definition) is 0. The van der Waals surface area contributed by atoms with Gasteiger partial charge < -0.3 is 9.64 Å². The fourth-order valence-corrected chi connectivity index (χ4v) is 3.17. The summed E-state index contributed by atoms with van der Waals surface area (Å²) in [7, 11) is 0. The first-order valence-corrected chi connectivity index (χ1v) is 8.67. The van der Waals surface area contributed by atoms with E-state index in [0.29, 0.717) is 13.0 Å². The highest BCUT2D eigenvalue weighted by molar-refractivity contribution is 5.89. The van der Waals surface area contributed by atoms with Crippen LogP contribution in [0, 0.1) is 5.92 Å². The number of hydrogen-bond acceptors (Lipinski definition) is 4. The van der Waals surface area contributed by atoms with Crippen LogP contribution in [0.4, 0.5) is 4.79 Å². The highest BCUT2D eigenvalue weighted by Crippen LogP contribution is 2.23. The quantitative estimate of drug-likeness (QED) is 0.856. The molecule has 2 aromatic rings. The van der Waals surface area contributed by atoms with Gasteiger partial charge in [-0.15, -0.1) is 0 Å². The van der Waals surface area contributed by atoms with E-state index in [1.165, 1.54) is 4.90 Å². The van der Waals surface area contributed by atoms with E-state index >= 15 is 0 Å². The van der Waals surface area contributed by atoms with Crippen molar-refractivity contribution >= 4 is 22.8 Å². The van der Waals surface area contributed by atoms with Gasteiger partial charge in [-0.1, -0.05) is 24.3 Å². The van der Waals surface area contributed by atoms with Crippen LogP contribution in [0.3, 0.4) is 0 Å². The SMILES string of the molecule is CC(C)(C)OC(=O)N1CC(=O)C(CCc2cccc3cccnc23)C1. The van der Waals surface area contributed by atoms with Crippen molar-refractivity contribution in [2.45, 2.75) is 39.2 Å². The van der Waals surface area contributed by atoms with Gasteiger partial charge >= 0.3 is 6.09 Å². The second kappa shape index (κ2) is 6.82. The zero-order chi connectivity index (χ0) is 18.0. The largest absolute Gasteiger partial charge is 0.444 e. The van der Waals surface area contributed by atoms with E-state index in [-0.39, 0.29) is 18.2 Å². The molecule has 1 unspecified atom stereocenters. The molecule has 1 amide bonds. The number of carbonyl (C=O) groups excluding carboxylic acids is 2. The summed E-state index contributed by atoms with van der Waals surface area (Å²) in [5.74, 6) is -0.0226. The van der Waals surface area contributed by atoms with Gasteiger partial charge in [0.2, 0.25) is 0 Å². The number of amides is 1. The molecule has 1 aliphatic rings. The molecule has 25 heavy (non-hydrogen) atoms. The Morgan fingerprint density at radius 3 is 2.80 bits per heavy atom. The van der Waals surface area contributed by atoms with Crippen molar-refractivity contribution in [1.82, 2.24) is 9.88 Å². The number of pyridine rings is 1. The minimum Gasteiger partial charge on any atom is -0.444 e. The monoisotopic (exact) mass is 340 g/mol. The molecule has 1 aromatic heterocycles. The second-order valence-electron chi connectivity index (χ2n) is 7.56. The normalized spacial score (nSPS) is 18.0. The highest BCUT2D eigenvalue weighted by Gasteiger charge is 2.35. The van der Waals surface area contributed by atoms with Crippen LogP contribution in [-0.2, 0) is 16.0 Å². The third-order valence-electron chi connectivity index (χ3n) is 4.37. The lowest BCUT2D eigenvalue weighted by atomic mass is 9.96. The molecular weight excluding hydrogens is 316 g/mol. The van der Waals surface area contributed by atoms with Gasteiger partial charge in [0.05, 0.1) is 12.1 Å². The number of rotatable bonds is 3. The third-order valence-corrected chi connectivity index (χ3v) is 4.37. The number of ketones is 1. The molecular formula is C20H24N2O3. The lowest BCUT2D eigenvalue weighted by molar-refractivity contribution is -0.120. The number of aromatic nitrogens is 1. The van der Waals surface area contributed by atoms with Crippen LogP contribution in [0.15, 0.2) is 36.5 Å². The summed E-state index contributed by atoms with van der Waals surface area (Å²) in [5, 5.41) is 1.10. The van der Waals surface area contributed by atoms with E-state index < -0.39 is 11.7 Å². The maximum Gasteiger partial charge on any atom is 0.410 e. The highest BCUT2D eigenvalue weighted by atomic mass is 16.6. The molecule has 0 spiro atoms. The first kappa shape index (κ1) is 17.4. The zero-order valence-corrected chi connectivity index (χ0v) is 15.0. The Morgan fingerprint density at radius 1 is 1.28 bits per heavy atom. The smallest absolute Gasteiger partial charge is 0.410 e. The average Bonchev–Trinajstić information content (AvgIpc) is 2.92. The molecule has 5 nitrogen and oxygen atoms in total. The van der Waals surface area contributed by atoms with Gasteiger partial charge in [0.15, 0.2) is 5.78 Å². The Balaban J connectivity index is 1.64. The Bertz CT molecular complexity index is 790. The molecule has 0 saturated carbocycles. The van der Waals surface area contributed by atoms with Crippen molar-refractivity contribution in [2.75, 3.05) is 13.1 Å². The minimum atomic E-state index is -0.549. The molecule has 132 valence electrons. The van der Waals surface area contributed by atoms with Crippen LogP contribution >= 0.6 is 0 Å². The van der Waals surface area contributed by atoms with Crippen molar-refractivity contribution in [3.8, 4) is 0 Å².